The first-order valence-corrected chi connectivity index (χ1v) is 6.01. The van der Waals surface area contributed by atoms with Gasteiger partial charge in [-0.1, -0.05) is 12.1 Å². The lowest BCUT2D eigenvalue weighted by molar-refractivity contribution is 0.213. The van der Waals surface area contributed by atoms with Crippen molar-refractivity contribution < 1.29 is 4.74 Å². The van der Waals surface area contributed by atoms with Crippen molar-refractivity contribution >= 4 is 5.69 Å². The Hall–Kier alpha value is -1.06. The predicted molar refractivity (Wildman–Crippen MR) is 64.2 cm³/mol. The molecule has 0 aliphatic carbocycles. The minimum atomic E-state index is -0.0297. The van der Waals surface area contributed by atoms with Crippen LogP contribution >= 0.6 is 0 Å². The summed E-state index contributed by atoms with van der Waals surface area (Å²) in [5.41, 5.74) is 7.76. The van der Waals surface area contributed by atoms with Gasteiger partial charge in [-0.2, -0.15) is 0 Å². The Morgan fingerprint density at radius 3 is 2.38 bits per heavy atom. The molecule has 0 saturated carbocycles. The van der Waals surface area contributed by atoms with Crippen LogP contribution in [-0.4, -0.2) is 31.1 Å². The second-order valence-electron chi connectivity index (χ2n) is 4.89. The standard InChI is InChI=1S/C13H18N2O/c14-12-5-3-11(4-6-12)13(10-16-13)9-15-7-1-2-8-15/h3-6H,1-2,7-10,14H2. The number of likely N-dealkylation sites (tertiary alicyclic amines) is 1. The fourth-order valence-electron chi connectivity index (χ4n) is 2.53. The van der Waals surface area contributed by atoms with Gasteiger partial charge >= 0.3 is 0 Å². The summed E-state index contributed by atoms with van der Waals surface area (Å²) in [5.74, 6) is 0. The van der Waals surface area contributed by atoms with E-state index in [-0.39, 0.29) is 5.60 Å². The molecule has 16 heavy (non-hydrogen) atoms. The van der Waals surface area contributed by atoms with E-state index in [4.69, 9.17) is 10.5 Å². The van der Waals surface area contributed by atoms with Crippen LogP contribution < -0.4 is 5.73 Å². The lowest BCUT2D eigenvalue weighted by Gasteiger charge is -2.20. The van der Waals surface area contributed by atoms with Gasteiger partial charge in [-0.15, -0.1) is 0 Å². The van der Waals surface area contributed by atoms with Crippen molar-refractivity contribution in [2.24, 2.45) is 0 Å². The third kappa shape index (κ3) is 1.81. The number of hydrogen-bond acceptors (Lipinski definition) is 3. The number of nitrogens with zero attached hydrogens (tertiary/aromatic N) is 1. The summed E-state index contributed by atoms with van der Waals surface area (Å²) >= 11 is 0. The van der Waals surface area contributed by atoms with Crippen LogP contribution in [0.3, 0.4) is 0 Å². The summed E-state index contributed by atoms with van der Waals surface area (Å²) in [5, 5.41) is 0. The lowest BCUT2D eigenvalue weighted by Crippen LogP contribution is -2.31. The van der Waals surface area contributed by atoms with Crippen LogP contribution in [0.25, 0.3) is 0 Å². The summed E-state index contributed by atoms with van der Waals surface area (Å²) in [7, 11) is 0. The lowest BCUT2D eigenvalue weighted by atomic mass is 9.99. The molecule has 3 rings (SSSR count). The molecule has 0 amide bonds. The molecular formula is C13H18N2O. The molecule has 2 aliphatic rings. The van der Waals surface area contributed by atoms with E-state index in [1.165, 1.54) is 31.5 Å². The molecule has 1 unspecified atom stereocenters. The van der Waals surface area contributed by atoms with E-state index >= 15 is 0 Å². The molecule has 86 valence electrons. The maximum atomic E-state index is 5.70. The molecule has 2 fully saturated rings. The Kier molecular flexibility index (Phi) is 2.37. The first-order valence-electron chi connectivity index (χ1n) is 6.01. The SMILES string of the molecule is Nc1ccc(C2(CN3CCCC3)CO2)cc1. The summed E-state index contributed by atoms with van der Waals surface area (Å²) in [4.78, 5) is 2.50. The topological polar surface area (TPSA) is 41.8 Å². The van der Waals surface area contributed by atoms with Crippen LogP contribution in [0.4, 0.5) is 5.69 Å². The molecule has 2 N–H and O–H groups in total. The largest absolute Gasteiger partial charge is 0.399 e. The van der Waals surface area contributed by atoms with Gasteiger partial charge in [0.25, 0.3) is 0 Å². The fraction of sp³-hybridized carbons (Fsp3) is 0.538. The van der Waals surface area contributed by atoms with Crippen molar-refractivity contribution in [1.29, 1.82) is 0 Å². The minimum absolute atomic E-state index is 0.0297. The van der Waals surface area contributed by atoms with Crippen molar-refractivity contribution in [3.8, 4) is 0 Å². The number of nitrogen functional groups attached to an aromatic ring is 1. The zero-order chi connectivity index (χ0) is 11.0. The zero-order valence-electron chi connectivity index (χ0n) is 9.48. The highest BCUT2D eigenvalue weighted by Gasteiger charge is 2.47. The van der Waals surface area contributed by atoms with Crippen molar-refractivity contribution in [2.75, 3.05) is 32.0 Å². The van der Waals surface area contributed by atoms with Gasteiger partial charge < -0.3 is 15.4 Å². The monoisotopic (exact) mass is 218 g/mol. The average Bonchev–Trinajstić information content (AvgIpc) is 2.88. The molecule has 0 bridgehead atoms. The summed E-state index contributed by atoms with van der Waals surface area (Å²) in [6.45, 7) is 4.34. The Labute approximate surface area is 96.2 Å². The highest BCUT2D eigenvalue weighted by atomic mass is 16.6. The van der Waals surface area contributed by atoms with E-state index in [2.05, 4.69) is 17.0 Å². The number of epoxide rings is 1. The number of anilines is 1. The van der Waals surface area contributed by atoms with Gasteiger partial charge in [-0.05, 0) is 43.6 Å². The third-order valence-electron chi connectivity index (χ3n) is 3.61. The van der Waals surface area contributed by atoms with E-state index in [0.29, 0.717) is 0 Å². The molecule has 3 nitrogen and oxygen atoms in total. The third-order valence-corrected chi connectivity index (χ3v) is 3.61. The number of ether oxygens (including phenoxy) is 1. The fourth-order valence-corrected chi connectivity index (χ4v) is 2.53. The summed E-state index contributed by atoms with van der Waals surface area (Å²) < 4.78 is 5.70. The smallest absolute Gasteiger partial charge is 0.129 e. The molecule has 0 aromatic heterocycles. The van der Waals surface area contributed by atoms with Gasteiger partial charge in [-0.25, -0.2) is 0 Å². The number of hydrogen-bond donors (Lipinski definition) is 1. The first-order chi connectivity index (χ1) is 7.78. The van der Waals surface area contributed by atoms with E-state index in [0.717, 1.165) is 18.8 Å². The van der Waals surface area contributed by atoms with Crippen LogP contribution in [0.15, 0.2) is 24.3 Å². The Morgan fingerprint density at radius 2 is 1.81 bits per heavy atom. The number of rotatable bonds is 3. The van der Waals surface area contributed by atoms with Gasteiger partial charge in [-0.3, -0.25) is 0 Å². The number of benzene rings is 1. The van der Waals surface area contributed by atoms with E-state index in [1.54, 1.807) is 0 Å². The zero-order valence-corrected chi connectivity index (χ0v) is 9.48. The molecule has 2 saturated heterocycles. The van der Waals surface area contributed by atoms with Crippen LogP contribution in [0.1, 0.15) is 18.4 Å². The molecule has 3 heteroatoms. The normalized spacial score (nSPS) is 29.5. The van der Waals surface area contributed by atoms with Crippen molar-refractivity contribution in [1.82, 2.24) is 4.90 Å². The molecule has 1 aromatic carbocycles. The average molecular weight is 218 g/mol. The Morgan fingerprint density at radius 1 is 1.19 bits per heavy atom. The van der Waals surface area contributed by atoms with Gasteiger partial charge in [0.2, 0.25) is 0 Å². The molecule has 0 spiro atoms. The molecule has 1 aromatic rings. The second-order valence-corrected chi connectivity index (χ2v) is 4.89. The quantitative estimate of drug-likeness (QED) is 0.619. The molecule has 2 heterocycles. The van der Waals surface area contributed by atoms with E-state index in [9.17, 15) is 0 Å². The highest BCUT2D eigenvalue weighted by Crippen LogP contribution is 2.40. The first kappa shape index (κ1) is 10.1. The second kappa shape index (κ2) is 3.75. The molecular weight excluding hydrogens is 200 g/mol. The van der Waals surface area contributed by atoms with Gasteiger partial charge in [0.15, 0.2) is 0 Å². The van der Waals surface area contributed by atoms with E-state index in [1.807, 2.05) is 12.1 Å². The summed E-state index contributed by atoms with van der Waals surface area (Å²) in [6.07, 6.45) is 2.66. The van der Waals surface area contributed by atoms with E-state index < -0.39 is 0 Å². The molecule has 1 atom stereocenters. The Balaban J connectivity index is 1.74. The van der Waals surface area contributed by atoms with Gasteiger partial charge in [0.05, 0.1) is 6.61 Å². The maximum absolute atomic E-state index is 5.70. The van der Waals surface area contributed by atoms with Crippen molar-refractivity contribution in [3.63, 3.8) is 0 Å². The minimum Gasteiger partial charge on any atom is -0.399 e. The highest BCUT2D eigenvalue weighted by molar-refractivity contribution is 5.42. The van der Waals surface area contributed by atoms with Crippen LogP contribution in [0, 0.1) is 0 Å². The number of nitrogens with two attached hydrogens (primary N) is 1. The van der Waals surface area contributed by atoms with Crippen LogP contribution in [0.5, 0.6) is 0 Å². The van der Waals surface area contributed by atoms with Crippen molar-refractivity contribution in [2.45, 2.75) is 18.4 Å². The van der Waals surface area contributed by atoms with Crippen LogP contribution in [-0.2, 0) is 10.3 Å². The predicted octanol–water partition coefficient (Wildman–Crippen LogP) is 1.59. The van der Waals surface area contributed by atoms with Crippen LogP contribution in [0.2, 0.25) is 0 Å². The van der Waals surface area contributed by atoms with Gasteiger partial charge in [0, 0.05) is 12.2 Å². The maximum Gasteiger partial charge on any atom is 0.129 e. The Bertz CT molecular complexity index is 364. The van der Waals surface area contributed by atoms with Crippen molar-refractivity contribution in [3.05, 3.63) is 29.8 Å². The molecule has 0 radical (unpaired) electrons. The molecule has 2 aliphatic heterocycles. The van der Waals surface area contributed by atoms with Gasteiger partial charge in [0.1, 0.15) is 5.60 Å². The summed E-state index contributed by atoms with van der Waals surface area (Å²) in [6, 6.07) is 8.11.